The molecule has 6 nitrogen and oxygen atoms in total. The van der Waals surface area contributed by atoms with Crippen LogP contribution >= 0.6 is 0 Å². The molecular weight excluding hydrogens is 198 g/mol. The molecule has 15 heavy (non-hydrogen) atoms. The van der Waals surface area contributed by atoms with Gasteiger partial charge in [0, 0.05) is 34.0 Å². The Kier molecular flexibility index (Phi) is 6.08. The molecule has 0 unspecified atom stereocenters. The van der Waals surface area contributed by atoms with Crippen molar-refractivity contribution in [2.24, 2.45) is 4.99 Å². The maximum Gasteiger partial charge on any atom is 0.313 e. The van der Waals surface area contributed by atoms with Gasteiger partial charge in [-0.05, 0) is 6.92 Å². The van der Waals surface area contributed by atoms with E-state index in [0.29, 0.717) is 6.02 Å². The maximum atomic E-state index is 11.1. The minimum atomic E-state index is -0.340. The molecule has 0 aromatic carbocycles. The standard InChI is InChI=1S/C9H17N3O3/c1-7(13)5-6-8(14)11-15-9(10-2)12(3)4/h5-6H2,1-4H3,(H,11,14). The number of carbonyl (C=O) groups is 2. The van der Waals surface area contributed by atoms with E-state index in [9.17, 15) is 9.59 Å². The van der Waals surface area contributed by atoms with Crippen molar-refractivity contribution in [2.75, 3.05) is 21.1 Å². The van der Waals surface area contributed by atoms with Gasteiger partial charge in [0.05, 0.1) is 0 Å². The average Bonchev–Trinajstić information content (AvgIpc) is 2.15. The maximum absolute atomic E-state index is 11.1. The Morgan fingerprint density at radius 1 is 1.33 bits per heavy atom. The number of amides is 1. The minimum Gasteiger partial charge on any atom is -0.340 e. The third-order valence-corrected chi connectivity index (χ3v) is 1.53. The lowest BCUT2D eigenvalue weighted by atomic mass is 10.2. The predicted octanol–water partition coefficient (Wildman–Crippen LogP) is -0.0492. The average molecular weight is 215 g/mol. The second kappa shape index (κ2) is 6.80. The first kappa shape index (κ1) is 13.4. The fourth-order valence-electron chi connectivity index (χ4n) is 0.780. The van der Waals surface area contributed by atoms with Gasteiger partial charge in [0.1, 0.15) is 5.78 Å². The molecule has 1 N–H and O–H groups in total. The van der Waals surface area contributed by atoms with E-state index in [4.69, 9.17) is 4.84 Å². The number of nitrogens with zero attached hydrogens (tertiary/aromatic N) is 2. The van der Waals surface area contributed by atoms with Crippen LogP contribution in [0.4, 0.5) is 0 Å². The first-order valence-corrected chi connectivity index (χ1v) is 4.56. The summed E-state index contributed by atoms with van der Waals surface area (Å²) in [6.45, 7) is 1.44. The smallest absolute Gasteiger partial charge is 0.313 e. The molecule has 0 fully saturated rings. The van der Waals surface area contributed by atoms with Crippen molar-refractivity contribution in [3.63, 3.8) is 0 Å². The number of aliphatic imine (C=N–C) groups is 1. The molecule has 0 saturated carbocycles. The van der Waals surface area contributed by atoms with E-state index >= 15 is 0 Å². The second-order valence-electron chi connectivity index (χ2n) is 3.23. The number of ketones is 1. The molecule has 86 valence electrons. The lowest BCUT2D eigenvalue weighted by Gasteiger charge is -2.14. The summed E-state index contributed by atoms with van der Waals surface area (Å²) in [6, 6.07) is 0.297. The Hall–Kier alpha value is -1.59. The van der Waals surface area contributed by atoms with Crippen molar-refractivity contribution in [1.82, 2.24) is 10.4 Å². The second-order valence-corrected chi connectivity index (χ2v) is 3.23. The first-order valence-electron chi connectivity index (χ1n) is 4.56. The number of amidine groups is 1. The van der Waals surface area contributed by atoms with Crippen molar-refractivity contribution in [2.45, 2.75) is 19.8 Å². The van der Waals surface area contributed by atoms with Crippen molar-refractivity contribution in [3.8, 4) is 0 Å². The van der Waals surface area contributed by atoms with E-state index in [1.165, 1.54) is 6.92 Å². The van der Waals surface area contributed by atoms with Gasteiger partial charge in [-0.1, -0.05) is 0 Å². The largest absolute Gasteiger partial charge is 0.340 e. The summed E-state index contributed by atoms with van der Waals surface area (Å²) in [5.74, 6) is -0.365. The van der Waals surface area contributed by atoms with Crippen molar-refractivity contribution in [1.29, 1.82) is 0 Å². The van der Waals surface area contributed by atoms with Crippen LogP contribution in [0.3, 0.4) is 0 Å². The summed E-state index contributed by atoms with van der Waals surface area (Å²) in [5.41, 5.74) is 2.21. The highest BCUT2D eigenvalue weighted by atomic mass is 16.7. The zero-order chi connectivity index (χ0) is 11.8. The lowest BCUT2D eigenvalue weighted by molar-refractivity contribution is -0.130. The van der Waals surface area contributed by atoms with Crippen LogP contribution in [0.25, 0.3) is 0 Å². The lowest BCUT2D eigenvalue weighted by Crippen LogP contribution is -2.34. The topological polar surface area (TPSA) is 71.0 Å². The molecule has 0 atom stereocenters. The van der Waals surface area contributed by atoms with Crippen LogP contribution in [-0.2, 0) is 14.4 Å². The van der Waals surface area contributed by atoms with Crippen molar-refractivity contribution in [3.05, 3.63) is 0 Å². The van der Waals surface area contributed by atoms with E-state index in [0.717, 1.165) is 0 Å². The summed E-state index contributed by atoms with van der Waals surface area (Å²) in [6.07, 6.45) is 0.343. The predicted molar refractivity (Wildman–Crippen MR) is 56.2 cm³/mol. The Morgan fingerprint density at radius 2 is 1.93 bits per heavy atom. The zero-order valence-corrected chi connectivity index (χ0v) is 9.53. The van der Waals surface area contributed by atoms with Crippen molar-refractivity contribution >= 4 is 17.7 Å². The van der Waals surface area contributed by atoms with Crippen LogP contribution in [0.5, 0.6) is 0 Å². The van der Waals surface area contributed by atoms with Gasteiger partial charge < -0.3 is 14.5 Å². The summed E-state index contributed by atoms with van der Waals surface area (Å²) in [4.78, 5) is 32.0. The highest BCUT2D eigenvalue weighted by Crippen LogP contribution is 1.91. The molecule has 0 spiro atoms. The van der Waals surface area contributed by atoms with Crippen LogP contribution in [-0.4, -0.2) is 43.8 Å². The molecule has 0 aromatic rings. The van der Waals surface area contributed by atoms with E-state index in [1.54, 1.807) is 26.0 Å². The molecule has 0 aliphatic heterocycles. The zero-order valence-electron chi connectivity index (χ0n) is 9.53. The Bertz CT molecular complexity index is 261. The summed E-state index contributed by atoms with van der Waals surface area (Å²) in [5, 5.41) is 0. The minimum absolute atomic E-state index is 0.0258. The van der Waals surface area contributed by atoms with Gasteiger partial charge in [0.2, 0.25) is 0 Å². The SMILES string of the molecule is CN=C(ONC(=O)CCC(C)=O)N(C)C. The normalized spacial score (nSPS) is 10.8. The molecule has 0 aliphatic rings. The third kappa shape index (κ3) is 6.48. The molecule has 6 heteroatoms. The van der Waals surface area contributed by atoms with Crippen molar-refractivity contribution < 1.29 is 14.4 Å². The third-order valence-electron chi connectivity index (χ3n) is 1.53. The summed E-state index contributed by atoms with van der Waals surface area (Å²) in [7, 11) is 5.03. The number of hydrogen-bond donors (Lipinski definition) is 1. The molecule has 0 rings (SSSR count). The monoisotopic (exact) mass is 215 g/mol. The summed E-state index contributed by atoms with van der Waals surface area (Å²) < 4.78 is 0. The van der Waals surface area contributed by atoms with Crippen LogP contribution in [0.2, 0.25) is 0 Å². The van der Waals surface area contributed by atoms with Gasteiger partial charge in [-0.3, -0.25) is 4.79 Å². The molecule has 0 radical (unpaired) electrons. The fraction of sp³-hybridized carbons (Fsp3) is 0.667. The fourth-order valence-corrected chi connectivity index (χ4v) is 0.780. The van der Waals surface area contributed by atoms with Gasteiger partial charge in [-0.15, -0.1) is 0 Å². The van der Waals surface area contributed by atoms with E-state index in [-0.39, 0.29) is 24.5 Å². The Balaban J connectivity index is 3.84. The number of rotatable bonds is 3. The van der Waals surface area contributed by atoms with Gasteiger partial charge >= 0.3 is 6.02 Å². The number of hydroxylamine groups is 1. The highest BCUT2D eigenvalue weighted by molar-refractivity contribution is 5.84. The number of nitrogens with one attached hydrogen (secondary N) is 1. The highest BCUT2D eigenvalue weighted by Gasteiger charge is 2.07. The van der Waals surface area contributed by atoms with Crippen LogP contribution < -0.4 is 5.48 Å². The van der Waals surface area contributed by atoms with E-state index in [1.807, 2.05) is 0 Å². The van der Waals surface area contributed by atoms with Crippen LogP contribution in [0.15, 0.2) is 4.99 Å². The number of carbonyl (C=O) groups excluding carboxylic acids is 2. The molecule has 0 aliphatic carbocycles. The van der Waals surface area contributed by atoms with Gasteiger partial charge in [-0.25, -0.2) is 4.99 Å². The van der Waals surface area contributed by atoms with Gasteiger partial charge in [0.15, 0.2) is 0 Å². The Morgan fingerprint density at radius 3 is 2.33 bits per heavy atom. The van der Waals surface area contributed by atoms with Crippen LogP contribution in [0.1, 0.15) is 19.8 Å². The van der Waals surface area contributed by atoms with Gasteiger partial charge in [0.25, 0.3) is 5.91 Å². The number of hydrogen-bond acceptors (Lipinski definition) is 4. The molecule has 0 bridgehead atoms. The quantitative estimate of drug-likeness (QED) is 0.407. The van der Waals surface area contributed by atoms with E-state index in [2.05, 4.69) is 10.5 Å². The molecule has 0 aromatic heterocycles. The number of Topliss-reactive ketones (excluding diaryl/α,β-unsaturated/α-hetero) is 1. The molecule has 0 saturated heterocycles. The van der Waals surface area contributed by atoms with Gasteiger partial charge in [-0.2, -0.15) is 5.48 Å². The molecule has 1 amide bonds. The Labute approximate surface area is 89.3 Å². The van der Waals surface area contributed by atoms with E-state index < -0.39 is 0 Å². The first-order chi connectivity index (χ1) is 6.97. The molecular formula is C9H17N3O3. The van der Waals surface area contributed by atoms with Crippen LogP contribution in [0, 0.1) is 0 Å². The summed E-state index contributed by atoms with van der Waals surface area (Å²) >= 11 is 0. The molecule has 0 heterocycles.